The standard InChI is InChI=1S/C57H59F2N9O7/c1-3-38-42(58)11-7-33-24-37(69)26-41(46(33)38)50-48(59)51-47-43(60-50)12-8-35-29-73-23-5-19-67(35)52(47)63-54(62-51)75-31-57-15-4-20-68(57)36(14-16-57)30-74-55(72)66-21-17-56(18-22-66)27-34(28-56)32-6-9-39-44(25-32)65(2)64-49(39)40-10-13-45(70)61-53(40)71/h1,6-7,9,11,24-26,34-36,40,69H,4-5,8,10,12-23,27-31H2,2H3,(H,61,70,71)/t35-,36-,40?,57-/m0/s1. The fraction of sp³-hybridized carbons (Fsp3) is 0.491. The number of nitrogens with zero attached hydrogens (tertiary/aromatic N) is 8. The number of piperidine rings is 2. The highest BCUT2D eigenvalue weighted by atomic mass is 19.1. The fourth-order valence-corrected chi connectivity index (χ4v) is 14.0. The van der Waals surface area contributed by atoms with Crippen molar-refractivity contribution in [1.82, 2.24) is 39.8 Å². The van der Waals surface area contributed by atoms with Gasteiger partial charge in [0.1, 0.15) is 41.8 Å². The Morgan fingerprint density at radius 1 is 0.960 bits per heavy atom. The van der Waals surface area contributed by atoms with Crippen molar-refractivity contribution in [3.8, 4) is 35.4 Å². The Bertz CT molecular complexity index is 3400. The van der Waals surface area contributed by atoms with Crippen LogP contribution in [0.1, 0.15) is 111 Å². The Balaban J connectivity index is 0.681. The number of phenols is 1. The summed E-state index contributed by atoms with van der Waals surface area (Å²) in [5.41, 5.74) is 3.44. The van der Waals surface area contributed by atoms with E-state index in [0.717, 1.165) is 80.9 Å². The quantitative estimate of drug-likeness (QED) is 0.111. The number of aromatic hydroxyl groups is 1. The molecule has 16 nitrogen and oxygen atoms in total. The molecule has 4 atom stereocenters. The van der Waals surface area contributed by atoms with Gasteiger partial charge in [-0.25, -0.2) is 18.6 Å². The lowest BCUT2D eigenvalue weighted by Gasteiger charge is -2.52. The van der Waals surface area contributed by atoms with Crippen molar-refractivity contribution < 1.29 is 42.5 Å². The summed E-state index contributed by atoms with van der Waals surface area (Å²) < 4.78 is 53.3. The molecule has 3 aromatic carbocycles. The van der Waals surface area contributed by atoms with Gasteiger partial charge in [0.05, 0.1) is 52.0 Å². The lowest BCUT2D eigenvalue weighted by molar-refractivity contribution is -0.134. The normalized spacial score (nSPS) is 24.7. The molecule has 75 heavy (non-hydrogen) atoms. The van der Waals surface area contributed by atoms with Crippen LogP contribution in [0.25, 0.3) is 43.8 Å². The number of hydrogen-bond acceptors (Lipinski definition) is 13. The van der Waals surface area contributed by atoms with E-state index in [1.54, 1.807) is 0 Å². The third-order valence-electron chi connectivity index (χ3n) is 18.0. The number of pyridine rings is 1. The van der Waals surface area contributed by atoms with E-state index < -0.39 is 17.6 Å². The average molecular weight is 1020 g/mol. The molecule has 1 spiro atoms. The number of aryl methyl sites for hydroxylation is 2. The number of terminal acetylenes is 1. The number of phenolic OH excluding ortho intramolecular Hbond substituents is 1. The summed E-state index contributed by atoms with van der Waals surface area (Å²) in [4.78, 5) is 59.3. The zero-order valence-electron chi connectivity index (χ0n) is 42.0. The second-order valence-electron chi connectivity index (χ2n) is 22.2. The van der Waals surface area contributed by atoms with Crippen LogP contribution in [-0.2, 0) is 32.5 Å². The van der Waals surface area contributed by atoms with Crippen LogP contribution in [-0.4, -0.2) is 128 Å². The summed E-state index contributed by atoms with van der Waals surface area (Å²) in [7, 11) is 1.90. The van der Waals surface area contributed by atoms with E-state index in [1.165, 1.54) is 29.8 Å². The molecule has 3 aromatic heterocycles. The van der Waals surface area contributed by atoms with Crippen molar-refractivity contribution in [2.75, 3.05) is 57.5 Å². The number of nitrogens with one attached hydrogen (secondary N) is 1. The van der Waals surface area contributed by atoms with Crippen molar-refractivity contribution in [3.05, 3.63) is 76.6 Å². The molecule has 13 rings (SSSR count). The minimum Gasteiger partial charge on any atom is -0.508 e. The van der Waals surface area contributed by atoms with E-state index in [4.69, 9.17) is 40.7 Å². The minimum atomic E-state index is -0.751. The molecule has 18 heteroatoms. The van der Waals surface area contributed by atoms with Gasteiger partial charge in [-0.2, -0.15) is 15.1 Å². The van der Waals surface area contributed by atoms with Gasteiger partial charge in [0.25, 0.3) is 0 Å². The van der Waals surface area contributed by atoms with Gasteiger partial charge in [0.15, 0.2) is 5.82 Å². The van der Waals surface area contributed by atoms with E-state index in [0.29, 0.717) is 86.7 Å². The first-order valence-electron chi connectivity index (χ1n) is 26.7. The van der Waals surface area contributed by atoms with Gasteiger partial charge in [-0.15, -0.1) is 6.42 Å². The predicted molar refractivity (Wildman–Crippen MR) is 274 cm³/mol. The Morgan fingerprint density at radius 3 is 2.64 bits per heavy atom. The van der Waals surface area contributed by atoms with Crippen molar-refractivity contribution in [2.45, 2.75) is 113 Å². The third kappa shape index (κ3) is 8.10. The smallest absolute Gasteiger partial charge is 0.409 e. The van der Waals surface area contributed by atoms with Crippen LogP contribution >= 0.6 is 0 Å². The van der Waals surface area contributed by atoms with Gasteiger partial charge < -0.3 is 29.1 Å². The Hall–Kier alpha value is -6.97. The van der Waals surface area contributed by atoms with Crippen LogP contribution in [0, 0.1) is 29.4 Å². The van der Waals surface area contributed by atoms with E-state index in [1.807, 2.05) is 16.6 Å². The summed E-state index contributed by atoms with van der Waals surface area (Å²) >= 11 is 0. The highest BCUT2D eigenvalue weighted by Crippen LogP contribution is 2.57. The SMILES string of the molecule is C#Cc1c(F)ccc2cc(O)cc(-c3nc4c5c(nc(OC[C@@]67CCCN6[C@H](COC(=O)N6CCC8(CC6)CC(c6ccc9c(C%10CCC(=O)NC%10=O)nn(C)c9c6)C8)CC7)nc5c3F)N3CCCOC[C@@H]3CC4)c12. The van der Waals surface area contributed by atoms with Crippen LogP contribution < -0.4 is 15.0 Å². The molecule has 388 valence electrons. The number of halogens is 2. The maximum Gasteiger partial charge on any atom is 0.409 e. The number of aromatic nitrogens is 5. The van der Waals surface area contributed by atoms with Crippen molar-refractivity contribution in [1.29, 1.82) is 0 Å². The van der Waals surface area contributed by atoms with Crippen molar-refractivity contribution >= 4 is 56.3 Å². The molecule has 1 saturated carbocycles. The van der Waals surface area contributed by atoms with E-state index in [2.05, 4.69) is 39.2 Å². The second kappa shape index (κ2) is 18.4. The number of carbonyl (C=O) groups is 3. The largest absolute Gasteiger partial charge is 0.508 e. The third-order valence-corrected chi connectivity index (χ3v) is 18.0. The molecule has 6 aromatic rings. The molecule has 1 aliphatic carbocycles. The topological polar surface area (TPSA) is 177 Å². The molecular weight excluding hydrogens is 961 g/mol. The number of benzene rings is 3. The fourth-order valence-electron chi connectivity index (χ4n) is 14.0. The first-order chi connectivity index (χ1) is 36.4. The van der Waals surface area contributed by atoms with Gasteiger partial charge >= 0.3 is 12.1 Å². The molecule has 0 radical (unpaired) electrons. The highest BCUT2D eigenvalue weighted by molar-refractivity contribution is 6.04. The molecule has 3 amide bonds. The molecule has 2 N–H and O–H groups in total. The first kappa shape index (κ1) is 47.7. The average Bonchev–Trinajstić information content (AvgIpc) is 3.99. The number of imide groups is 1. The van der Waals surface area contributed by atoms with E-state index >= 15 is 8.78 Å². The molecule has 9 heterocycles. The number of hydrogen-bond donors (Lipinski definition) is 2. The number of rotatable bonds is 8. The van der Waals surface area contributed by atoms with Crippen molar-refractivity contribution in [2.24, 2.45) is 12.5 Å². The van der Waals surface area contributed by atoms with Crippen LogP contribution in [0.3, 0.4) is 0 Å². The Labute approximate surface area is 432 Å². The van der Waals surface area contributed by atoms with Crippen LogP contribution in [0.5, 0.6) is 11.8 Å². The number of fused-ring (bicyclic) bond motifs is 5. The molecule has 7 aliphatic rings. The Morgan fingerprint density at radius 2 is 1.81 bits per heavy atom. The van der Waals surface area contributed by atoms with Gasteiger partial charge in [0, 0.05) is 62.1 Å². The zero-order valence-corrected chi connectivity index (χ0v) is 42.0. The number of ether oxygens (including phenoxy) is 3. The summed E-state index contributed by atoms with van der Waals surface area (Å²) in [5.74, 6) is 0.891. The van der Waals surface area contributed by atoms with Gasteiger partial charge in [-0.1, -0.05) is 24.1 Å². The Kier molecular flexibility index (Phi) is 11.7. The van der Waals surface area contributed by atoms with Gasteiger partial charge in [0.2, 0.25) is 11.8 Å². The monoisotopic (exact) mass is 1020 g/mol. The number of carbonyl (C=O) groups excluding carboxylic acids is 3. The first-order valence-corrected chi connectivity index (χ1v) is 26.7. The van der Waals surface area contributed by atoms with Gasteiger partial charge in [-0.3, -0.25) is 24.5 Å². The van der Waals surface area contributed by atoms with Crippen LogP contribution in [0.4, 0.5) is 19.4 Å². The maximum absolute atomic E-state index is 17.5. The number of anilines is 1. The molecular formula is C57H59F2N9O7. The molecule has 5 saturated heterocycles. The van der Waals surface area contributed by atoms with Crippen molar-refractivity contribution in [3.63, 3.8) is 0 Å². The summed E-state index contributed by atoms with van der Waals surface area (Å²) in [5, 5.41) is 20.2. The lowest BCUT2D eigenvalue weighted by Crippen LogP contribution is -2.50. The molecule has 0 bridgehead atoms. The molecule has 1 unspecified atom stereocenters. The minimum absolute atomic E-state index is 0.0176. The number of likely N-dealkylation sites (tertiary alicyclic amines) is 1. The van der Waals surface area contributed by atoms with Gasteiger partial charge in [-0.05, 0) is 130 Å². The van der Waals surface area contributed by atoms with E-state index in [9.17, 15) is 19.5 Å². The predicted octanol–water partition coefficient (Wildman–Crippen LogP) is 7.93. The number of amides is 3. The van der Waals surface area contributed by atoms with E-state index in [-0.39, 0.29) is 93.6 Å². The summed E-state index contributed by atoms with van der Waals surface area (Å²) in [6.07, 6.45) is 15.7. The van der Waals surface area contributed by atoms with Crippen LogP contribution in [0.15, 0.2) is 42.5 Å². The molecule has 6 fully saturated rings. The molecule has 6 aliphatic heterocycles. The lowest BCUT2D eigenvalue weighted by atomic mass is 9.56. The summed E-state index contributed by atoms with van der Waals surface area (Å²) in [6.45, 7) is 4.39. The second-order valence-corrected chi connectivity index (χ2v) is 22.2. The zero-order chi connectivity index (χ0) is 51.3. The van der Waals surface area contributed by atoms with Crippen LogP contribution in [0.2, 0.25) is 0 Å². The maximum atomic E-state index is 17.5. The summed E-state index contributed by atoms with van der Waals surface area (Å²) in [6, 6.07) is 12.0. The highest BCUT2D eigenvalue weighted by Gasteiger charge is 2.51.